The molecule has 2 fully saturated rings. The highest BCUT2D eigenvalue weighted by Gasteiger charge is 2.42. The molecule has 0 spiro atoms. The van der Waals surface area contributed by atoms with E-state index in [2.05, 4.69) is 17.6 Å². The van der Waals surface area contributed by atoms with Crippen molar-refractivity contribution >= 4 is 17.6 Å². The second-order valence-corrected chi connectivity index (χ2v) is 6.67. The van der Waals surface area contributed by atoms with Crippen LogP contribution >= 0.6 is 0 Å². The molecule has 1 aromatic rings. The Hall–Kier alpha value is -2.04. The summed E-state index contributed by atoms with van der Waals surface area (Å²) in [5.74, 6) is 2.17. The van der Waals surface area contributed by atoms with Gasteiger partial charge in [0.15, 0.2) is 0 Å². The Morgan fingerprint density at radius 2 is 2.09 bits per heavy atom. The van der Waals surface area contributed by atoms with Crippen molar-refractivity contribution < 1.29 is 9.59 Å². The maximum absolute atomic E-state index is 12.4. The highest BCUT2D eigenvalue weighted by molar-refractivity contribution is 5.96. The summed E-state index contributed by atoms with van der Waals surface area (Å²) in [6.45, 7) is 2.11. The Morgan fingerprint density at radius 3 is 2.73 bits per heavy atom. The highest BCUT2D eigenvalue weighted by Crippen LogP contribution is 2.49. The van der Waals surface area contributed by atoms with E-state index in [1.807, 2.05) is 0 Å². The zero-order chi connectivity index (χ0) is 15.7. The molecule has 2 saturated carbocycles. The molecule has 118 valence electrons. The number of hydrogen-bond donors (Lipinski definition) is 3. The number of nitrogens with one attached hydrogen (secondary N) is 2. The number of benzene rings is 1. The first-order chi connectivity index (χ1) is 10.5. The number of carbonyl (C=O) groups is 2. The van der Waals surface area contributed by atoms with E-state index in [4.69, 9.17) is 5.73 Å². The second-order valence-electron chi connectivity index (χ2n) is 6.67. The van der Waals surface area contributed by atoms with Crippen LogP contribution in [-0.4, -0.2) is 18.0 Å². The van der Waals surface area contributed by atoms with Gasteiger partial charge in [-0.05, 0) is 62.1 Å². The maximum atomic E-state index is 12.4. The number of urea groups is 1. The van der Waals surface area contributed by atoms with E-state index in [1.165, 1.54) is 25.7 Å². The van der Waals surface area contributed by atoms with Crippen molar-refractivity contribution in [3.05, 3.63) is 29.8 Å². The first-order valence-corrected chi connectivity index (χ1v) is 8.00. The van der Waals surface area contributed by atoms with Crippen molar-refractivity contribution in [2.75, 3.05) is 5.32 Å². The zero-order valence-corrected chi connectivity index (χ0v) is 12.8. The summed E-state index contributed by atoms with van der Waals surface area (Å²) < 4.78 is 0. The molecule has 3 amide bonds. The van der Waals surface area contributed by atoms with E-state index >= 15 is 0 Å². The van der Waals surface area contributed by atoms with Gasteiger partial charge in [-0.2, -0.15) is 0 Å². The molecule has 5 nitrogen and oxygen atoms in total. The Labute approximate surface area is 130 Å². The first kappa shape index (κ1) is 14.9. The minimum Gasteiger partial charge on any atom is -0.351 e. The van der Waals surface area contributed by atoms with Gasteiger partial charge >= 0.3 is 6.03 Å². The summed E-state index contributed by atoms with van der Waals surface area (Å²) in [5.41, 5.74) is 6.18. The van der Waals surface area contributed by atoms with Gasteiger partial charge in [-0.15, -0.1) is 0 Å². The molecule has 2 bridgehead atoms. The van der Waals surface area contributed by atoms with Crippen molar-refractivity contribution in [2.45, 2.75) is 38.6 Å². The predicted octanol–water partition coefficient (Wildman–Crippen LogP) is 2.73. The van der Waals surface area contributed by atoms with Crippen molar-refractivity contribution in [1.29, 1.82) is 0 Å². The number of fused-ring (bicyclic) bond motifs is 2. The van der Waals surface area contributed by atoms with Gasteiger partial charge in [-0.25, -0.2) is 4.79 Å². The standard InChI is InChI=1S/C17H23N3O2/c1-10(15-8-11-5-6-12(15)7-11)19-16(21)13-3-2-4-14(9-13)20-17(18)22/h2-4,9-12,15H,5-8H2,1H3,(H,19,21)(H3,18,20,22). The number of carbonyl (C=O) groups excluding carboxylic acids is 2. The monoisotopic (exact) mass is 301 g/mol. The molecular formula is C17H23N3O2. The first-order valence-electron chi connectivity index (χ1n) is 8.00. The molecule has 2 aliphatic rings. The minimum absolute atomic E-state index is 0.0941. The van der Waals surface area contributed by atoms with E-state index < -0.39 is 6.03 Å². The summed E-state index contributed by atoms with van der Waals surface area (Å²) in [5, 5.41) is 5.61. The van der Waals surface area contributed by atoms with Gasteiger partial charge in [-0.3, -0.25) is 4.79 Å². The molecule has 1 aromatic carbocycles. The van der Waals surface area contributed by atoms with Crippen LogP contribution in [-0.2, 0) is 0 Å². The summed E-state index contributed by atoms with van der Waals surface area (Å²) >= 11 is 0. The molecule has 0 aliphatic heterocycles. The van der Waals surface area contributed by atoms with Crippen molar-refractivity contribution in [1.82, 2.24) is 5.32 Å². The molecule has 3 rings (SSSR count). The third-order valence-corrected chi connectivity index (χ3v) is 5.19. The van der Waals surface area contributed by atoms with Gasteiger partial charge in [0.25, 0.3) is 5.91 Å². The fourth-order valence-corrected chi connectivity index (χ4v) is 4.18. The quantitative estimate of drug-likeness (QED) is 0.799. The molecule has 5 heteroatoms. The van der Waals surface area contributed by atoms with Crippen LogP contribution in [0.4, 0.5) is 10.5 Å². The van der Waals surface area contributed by atoms with E-state index in [-0.39, 0.29) is 11.9 Å². The topological polar surface area (TPSA) is 84.2 Å². The van der Waals surface area contributed by atoms with Crippen LogP contribution in [0.15, 0.2) is 24.3 Å². The molecule has 4 unspecified atom stereocenters. The number of amides is 3. The van der Waals surface area contributed by atoms with Gasteiger partial charge in [0.05, 0.1) is 0 Å². The Morgan fingerprint density at radius 1 is 1.27 bits per heavy atom. The maximum Gasteiger partial charge on any atom is 0.316 e. The van der Waals surface area contributed by atoms with Crippen LogP contribution in [0.1, 0.15) is 43.0 Å². The number of hydrogen-bond acceptors (Lipinski definition) is 2. The third kappa shape index (κ3) is 3.08. The Balaban J connectivity index is 1.63. The molecule has 22 heavy (non-hydrogen) atoms. The van der Waals surface area contributed by atoms with Crippen molar-refractivity contribution in [2.24, 2.45) is 23.5 Å². The smallest absolute Gasteiger partial charge is 0.316 e. The van der Waals surface area contributed by atoms with E-state index in [0.29, 0.717) is 17.2 Å². The SMILES string of the molecule is CC(NC(=O)c1cccc(NC(N)=O)c1)C1CC2CCC1C2. The molecule has 0 heterocycles. The lowest BCUT2D eigenvalue weighted by Gasteiger charge is -2.28. The van der Waals surface area contributed by atoms with Crippen molar-refractivity contribution in [3.8, 4) is 0 Å². The van der Waals surface area contributed by atoms with Gasteiger partial charge in [0, 0.05) is 17.3 Å². The molecule has 4 N–H and O–H groups in total. The van der Waals surface area contributed by atoms with Crippen LogP contribution in [0.25, 0.3) is 0 Å². The van der Waals surface area contributed by atoms with Gasteiger partial charge in [0.2, 0.25) is 0 Å². The number of primary amides is 1. The highest BCUT2D eigenvalue weighted by atomic mass is 16.2. The number of anilines is 1. The van der Waals surface area contributed by atoms with Gasteiger partial charge < -0.3 is 16.4 Å². The summed E-state index contributed by atoms with van der Waals surface area (Å²) in [6.07, 6.45) is 5.26. The molecule has 2 aliphatic carbocycles. The fourth-order valence-electron chi connectivity index (χ4n) is 4.18. The lowest BCUT2D eigenvalue weighted by molar-refractivity contribution is 0.0915. The average Bonchev–Trinajstić information content (AvgIpc) is 3.09. The van der Waals surface area contributed by atoms with Gasteiger partial charge in [-0.1, -0.05) is 12.5 Å². The normalized spacial score (nSPS) is 27.4. The van der Waals surface area contributed by atoms with Crippen LogP contribution in [0.3, 0.4) is 0 Å². The fraction of sp³-hybridized carbons (Fsp3) is 0.529. The molecule has 0 radical (unpaired) electrons. The average molecular weight is 301 g/mol. The molecule has 0 aromatic heterocycles. The summed E-state index contributed by atoms with van der Waals surface area (Å²) in [6, 6.07) is 6.40. The Kier molecular flexibility index (Phi) is 4.05. The molecular weight excluding hydrogens is 278 g/mol. The van der Waals surface area contributed by atoms with E-state index in [1.54, 1.807) is 24.3 Å². The van der Waals surface area contributed by atoms with Crippen LogP contribution < -0.4 is 16.4 Å². The summed E-state index contributed by atoms with van der Waals surface area (Å²) in [7, 11) is 0. The van der Waals surface area contributed by atoms with Crippen LogP contribution in [0, 0.1) is 17.8 Å². The Bertz CT molecular complexity index is 587. The molecule has 4 atom stereocenters. The lowest BCUT2D eigenvalue weighted by atomic mass is 9.84. The van der Waals surface area contributed by atoms with E-state index in [0.717, 1.165) is 11.8 Å². The van der Waals surface area contributed by atoms with E-state index in [9.17, 15) is 9.59 Å². The second kappa shape index (κ2) is 5.99. The minimum atomic E-state index is -0.632. The van der Waals surface area contributed by atoms with Gasteiger partial charge in [0.1, 0.15) is 0 Å². The number of nitrogens with two attached hydrogens (primary N) is 1. The largest absolute Gasteiger partial charge is 0.351 e. The van der Waals surface area contributed by atoms with Crippen LogP contribution in [0.2, 0.25) is 0 Å². The van der Waals surface area contributed by atoms with Crippen LogP contribution in [0.5, 0.6) is 0 Å². The van der Waals surface area contributed by atoms with Crippen molar-refractivity contribution in [3.63, 3.8) is 0 Å². The lowest BCUT2D eigenvalue weighted by Crippen LogP contribution is -2.40. The third-order valence-electron chi connectivity index (χ3n) is 5.19. The summed E-state index contributed by atoms with van der Waals surface area (Å²) in [4.78, 5) is 23.3. The molecule has 0 saturated heterocycles. The predicted molar refractivity (Wildman–Crippen MR) is 85.5 cm³/mol. The number of rotatable bonds is 4. The zero-order valence-electron chi connectivity index (χ0n) is 12.8.